The molecule has 37 nitrogen and oxygen atoms in total. The van der Waals surface area contributed by atoms with E-state index in [2.05, 4.69) is 50.4 Å². The van der Waals surface area contributed by atoms with Crippen molar-refractivity contribution in [3.8, 4) is 11.1 Å². The lowest BCUT2D eigenvalue weighted by Crippen LogP contribution is -2.64. The Bertz CT molecular complexity index is 5310. The number of thiazole rings is 1. The van der Waals surface area contributed by atoms with E-state index in [-0.39, 0.29) is 83.7 Å². The summed E-state index contributed by atoms with van der Waals surface area (Å²) in [5, 5.41) is 76.8. The van der Waals surface area contributed by atoms with Crippen molar-refractivity contribution >= 4 is 112 Å². The molecule has 3 aliphatic heterocycles. The minimum atomic E-state index is -4.66. The first-order valence-corrected chi connectivity index (χ1v) is 42.9. The number of aromatic carboxylic acids is 1. The van der Waals surface area contributed by atoms with Gasteiger partial charge in [-0.1, -0.05) is 74.6 Å². The van der Waals surface area contributed by atoms with Crippen molar-refractivity contribution in [1.82, 2.24) is 55.2 Å². The molecule has 4 saturated carbocycles. The maximum absolute atomic E-state index is 14.4. The molecule has 7 heterocycles. The molecule has 119 heavy (non-hydrogen) atoms. The van der Waals surface area contributed by atoms with Crippen LogP contribution in [-0.2, 0) is 102 Å². The molecule has 0 radical (unpaired) electrons. The number of carbonyl (C=O) groups excluding carboxylic acids is 7. The van der Waals surface area contributed by atoms with Gasteiger partial charge in [-0.05, 0) is 158 Å². The van der Waals surface area contributed by atoms with Crippen molar-refractivity contribution in [2.75, 3.05) is 53.3 Å². The monoisotopic (exact) mass is 1700 g/mol. The third-order valence-corrected chi connectivity index (χ3v) is 25.4. The average molecular weight is 1700 g/mol. The van der Waals surface area contributed by atoms with Crippen LogP contribution in [0.5, 0.6) is 0 Å². The van der Waals surface area contributed by atoms with Crippen LogP contribution in [0.2, 0.25) is 0 Å². The van der Waals surface area contributed by atoms with Crippen LogP contribution in [0.4, 0.5) is 21.4 Å². The summed E-state index contributed by atoms with van der Waals surface area (Å²) in [7, 11) is -8.97. The van der Waals surface area contributed by atoms with Gasteiger partial charge < -0.3 is 65.5 Å². The Hall–Kier alpha value is -10.6. The number of carbonyl (C=O) groups is 9. The Labute approximate surface area is 687 Å². The lowest BCUT2D eigenvalue weighted by atomic mass is 9.39. The van der Waals surface area contributed by atoms with E-state index >= 15 is 0 Å². The van der Waals surface area contributed by atoms with Gasteiger partial charge in [-0.2, -0.15) is 21.9 Å². The van der Waals surface area contributed by atoms with Crippen molar-refractivity contribution < 1.29 is 109 Å². The molecule has 40 heteroatoms. The van der Waals surface area contributed by atoms with Crippen molar-refractivity contribution in [3.05, 3.63) is 143 Å². The first-order chi connectivity index (χ1) is 56.2. The number of anilines is 3. The third kappa shape index (κ3) is 20.2. The van der Waals surface area contributed by atoms with Gasteiger partial charge in [0.05, 0.1) is 64.9 Å². The second kappa shape index (κ2) is 34.6. The number of aliphatic carboxylic acids is 1. The molecule has 0 spiro atoms. The van der Waals surface area contributed by atoms with Gasteiger partial charge in [0.1, 0.15) is 48.5 Å². The second-order valence-corrected chi connectivity index (χ2v) is 37.2. The first kappa shape index (κ1) is 86.3. The van der Waals surface area contributed by atoms with Gasteiger partial charge in [-0.3, -0.25) is 57.5 Å². The first-order valence-electron chi connectivity index (χ1n) is 38.9. The SMILES string of the molecule is CC(C)[C@H](NC(=O)CC(c1cn(CCCS(=O)(=O)O)nn1)N1C(=O)C=CC1=O)C(=O)N[C@@H](C)C(=O)Nc1ccc(COC(=O)N(CCOC23CC4(C)CC(C)(CC(Cn5cc(-c6ccc(N7CCc8cccc(C(=O)Nc9nc%10ccccc%10s9)c8C7)nc6C(=O)O)cn5)(C4)C2)C3)CCS(=O)(=O)O)c(CC[C@@H]2O[C@H](C(=O)O)[C@@H](O)[C@H](O)[C@H]2O)c1. The van der Waals surface area contributed by atoms with Gasteiger partial charge in [0, 0.05) is 80.0 Å². The van der Waals surface area contributed by atoms with E-state index in [4.69, 9.17) is 24.3 Å². The molecule has 5 fully saturated rings. The number of hydrogen-bond acceptors (Lipinski definition) is 26. The number of rotatable bonds is 34. The summed E-state index contributed by atoms with van der Waals surface area (Å²) in [5.41, 5.74) is 2.89. The predicted molar refractivity (Wildman–Crippen MR) is 426 cm³/mol. The third-order valence-electron chi connectivity index (χ3n) is 22.9. The van der Waals surface area contributed by atoms with Gasteiger partial charge in [-0.25, -0.2) is 24.4 Å². The van der Waals surface area contributed by atoms with Crippen LogP contribution in [0.1, 0.15) is 147 Å². The number of fused-ring (bicyclic) bond motifs is 2. The van der Waals surface area contributed by atoms with Gasteiger partial charge >= 0.3 is 18.0 Å². The normalized spacial score (nSPS) is 24.1. The zero-order valence-corrected chi connectivity index (χ0v) is 68.2. The number of benzene rings is 3. The fourth-order valence-corrected chi connectivity index (χ4v) is 20.5. The minimum absolute atomic E-state index is 0.0350. The summed E-state index contributed by atoms with van der Waals surface area (Å²) in [5.74, 6) is -8.88. The molecule has 3 unspecified atom stereocenters. The summed E-state index contributed by atoms with van der Waals surface area (Å²) < 4.78 is 88.9. The van der Waals surface area contributed by atoms with Crippen molar-refractivity contribution in [2.24, 2.45) is 22.2 Å². The maximum atomic E-state index is 14.4. The van der Waals surface area contributed by atoms with Gasteiger partial charge in [0.15, 0.2) is 16.9 Å². The molecule has 7 aromatic rings. The predicted octanol–water partition coefficient (Wildman–Crippen LogP) is 5.11. The number of carboxylic acid groups (broad SMARTS) is 2. The highest BCUT2D eigenvalue weighted by atomic mass is 32.2. The molecule has 14 rings (SSSR count). The van der Waals surface area contributed by atoms with Gasteiger partial charge in [0.25, 0.3) is 38.0 Å². The number of imide groups is 1. The molecule has 1 saturated heterocycles. The zero-order chi connectivity index (χ0) is 85.4. The Morgan fingerprint density at radius 3 is 2.20 bits per heavy atom. The number of aliphatic hydroxyl groups excluding tert-OH is 3. The van der Waals surface area contributed by atoms with Crippen LogP contribution >= 0.6 is 11.3 Å². The molecule has 3 aromatic carbocycles. The Morgan fingerprint density at radius 2 is 1.50 bits per heavy atom. The number of hydrogen-bond donors (Lipinski definition) is 11. The van der Waals surface area contributed by atoms with Crippen LogP contribution < -0.4 is 26.2 Å². The summed E-state index contributed by atoms with van der Waals surface area (Å²) in [6, 6.07) is 17.0. The number of para-hydroxylation sites is 1. The van der Waals surface area contributed by atoms with E-state index in [9.17, 15) is 94.6 Å². The fourth-order valence-electron chi connectivity index (χ4n) is 18.7. The quantitative estimate of drug-likeness (QED) is 0.0184. The van der Waals surface area contributed by atoms with E-state index in [1.54, 1.807) is 38.2 Å². The number of aromatic nitrogens is 7. The second-order valence-electron chi connectivity index (χ2n) is 33.0. The van der Waals surface area contributed by atoms with E-state index < -0.39 is 159 Å². The van der Waals surface area contributed by atoms with Crippen LogP contribution in [0.15, 0.2) is 104 Å². The molecule has 7 aliphatic rings. The molecule has 4 aliphatic carbocycles. The number of nitrogens with one attached hydrogen (secondary N) is 4. The topological polar surface area (TPSA) is 523 Å². The molecule has 4 bridgehead atoms. The van der Waals surface area contributed by atoms with E-state index in [0.717, 1.165) is 62.6 Å². The Kier molecular flexibility index (Phi) is 25.1. The lowest BCUT2D eigenvalue weighted by molar-refractivity contribution is -0.248. The average Bonchev–Trinajstić information content (AvgIpc) is 1.69. The Morgan fingerprint density at radius 1 is 0.773 bits per heavy atom. The number of pyridine rings is 1. The summed E-state index contributed by atoms with van der Waals surface area (Å²) in [4.78, 5) is 134. The van der Waals surface area contributed by atoms with E-state index in [1.807, 2.05) is 52.2 Å². The molecule has 10 atom stereocenters. The van der Waals surface area contributed by atoms with Crippen molar-refractivity contribution in [3.63, 3.8) is 0 Å². The largest absolute Gasteiger partial charge is 0.479 e. The van der Waals surface area contributed by atoms with Crippen LogP contribution in [0.3, 0.4) is 0 Å². The van der Waals surface area contributed by atoms with Crippen molar-refractivity contribution in [1.29, 1.82) is 0 Å². The number of carboxylic acids is 2. The summed E-state index contributed by atoms with van der Waals surface area (Å²) in [6.45, 7) is 8.86. The number of nitrogens with zero attached hydrogens (tertiary/aromatic N) is 10. The van der Waals surface area contributed by atoms with Crippen LogP contribution in [-0.4, -0.2) is 235 Å². The van der Waals surface area contributed by atoms with Crippen molar-refractivity contribution in [2.45, 2.75) is 186 Å². The van der Waals surface area contributed by atoms with Crippen LogP contribution in [0, 0.1) is 22.2 Å². The molecule has 636 valence electrons. The standard InChI is InChI=1S/C79H94N14O23S3/c1-44(2)63(85-60(94)31-56(93-61(95)20-21-62(93)96)55-35-91(88-87-55)23-9-28-118(108,109)110)71(102)81-45(3)69(100)82-50-16-14-48(47(30-50)15-18-57-65(97)66(98)67(99)68(116-57)73(105)106)36-114-75(107)89(26-29-119(111,112)113)25-27-115-79-40-76(4)37-77(5,41-79)39-78(38-76,42-79)43-92-33-49(32-80-92)51-17-19-59(84-64(51)72(103)104)90-24-22-46-10-8-11-52(53(46)34-90)70(101)86-74-83-54-12-6-7-13-58(54)117-74/h6-8,10-14,16-17,19-21,30,32-33,35,44-45,56-57,63,65-68,97-99H,9,15,18,22-29,31,34,36-43H2,1-5H3,(H,81,102)(H,82,100)(H,85,94)(H,103,104)(H,105,106)(H,83,86,101)(H,108,109,110)(H,111,112,113)/t45-,56?,57-,63-,65-,66+,67-,68-,76?,77?,78?,79?/m0/s1. The summed E-state index contributed by atoms with van der Waals surface area (Å²) in [6.07, 6.45) is 0.598. The highest BCUT2D eigenvalue weighted by Gasteiger charge is 2.66. The Balaban J connectivity index is 0.663. The number of ether oxygens (including phenoxy) is 3. The molecular weight excluding hydrogens is 1610 g/mol. The maximum Gasteiger partial charge on any atom is 0.410 e. The number of aliphatic hydroxyl groups is 3. The molecular formula is C79H94N14O23S3. The lowest BCUT2D eigenvalue weighted by Gasteiger charge is -2.69. The number of aryl methyl sites for hydroxylation is 2. The molecule has 7 amide bonds. The summed E-state index contributed by atoms with van der Waals surface area (Å²) >= 11 is 1.38. The highest BCUT2D eigenvalue weighted by molar-refractivity contribution is 7.86. The van der Waals surface area contributed by atoms with E-state index in [1.165, 1.54) is 47.3 Å². The smallest absolute Gasteiger partial charge is 0.410 e. The van der Waals surface area contributed by atoms with Gasteiger partial charge in [-0.15, -0.1) is 5.10 Å². The van der Waals surface area contributed by atoms with Gasteiger partial charge in [0.2, 0.25) is 17.7 Å². The number of amides is 7. The van der Waals surface area contributed by atoms with Crippen LogP contribution in [0.25, 0.3) is 21.3 Å². The minimum Gasteiger partial charge on any atom is -0.479 e. The van der Waals surface area contributed by atoms with E-state index in [0.29, 0.717) is 78.5 Å². The zero-order valence-electron chi connectivity index (χ0n) is 65.7. The molecule has 11 N–H and O–H groups in total. The highest BCUT2D eigenvalue weighted by Crippen LogP contribution is 2.72. The fraction of sp³-hybridized carbons (Fsp3) is 0.494. The molecule has 4 aromatic heterocycles.